The molecule has 1 fully saturated rings. The molecule has 6 heteroatoms. The first-order valence-electron chi connectivity index (χ1n) is 6.62. The van der Waals surface area contributed by atoms with Gasteiger partial charge in [0.05, 0.1) is 18.8 Å². The van der Waals surface area contributed by atoms with Gasteiger partial charge in [-0.1, -0.05) is 18.2 Å². The predicted octanol–water partition coefficient (Wildman–Crippen LogP) is 2.90. The molecule has 4 rings (SSSR count). The van der Waals surface area contributed by atoms with Gasteiger partial charge < -0.3 is 14.5 Å². The van der Waals surface area contributed by atoms with E-state index in [1.54, 1.807) is 6.20 Å². The van der Waals surface area contributed by atoms with E-state index in [1.165, 1.54) is 11.3 Å². The van der Waals surface area contributed by atoms with Crippen LogP contribution in [0.15, 0.2) is 35.8 Å². The summed E-state index contributed by atoms with van der Waals surface area (Å²) >= 11 is 1.32. The van der Waals surface area contributed by atoms with E-state index >= 15 is 0 Å². The summed E-state index contributed by atoms with van der Waals surface area (Å²) in [6, 6.07) is 7.72. The van der Waals surface area contributed by atoms with E-state index in [-0.39, 0.29) is 5.78 Å². The molecular weight excluding hydrogens is 288 g/mol. The highest BCUT2D eigenvalue weighted by molar-refractivity contribution is 7.12. The number of hydrogen-bond donors (Lipinski definition) is 1. The zero-order chi connectivity index (χ0) is 14.2. The number of fused-ring (bicyclic) bond motifs is 1. The van der Waals surface area contributed by atoms with E-state index < -0.39 is 6.29 Å². The zero-order valence-electron chi connectivity index (χ0n) is 11.0. The highest BCUT2D eigenvalue weighted by atomic mass is 32.1. The molecule has 1 N–H and O–H groups in total. The fourth-order valence-corrected chi connectivity index (χ4v) is 3.17. The summed E-state index contributed by atoms with van der Waals surface area (Å²) in [5.41, 5.74) is 2.25. The fraction of sp³-hybridized carbons (Fsp3) is 0.200. The maximum atomic E-state index is 12.6. The van der Waals surface area contributed by atoms with Crippen molar-refractivity contribution in [3.8, 4) is 0 Å². The summed E-state index contributed by atoms with van der Waals surface area (Å²) in [7, 11) is 0. The van der Waals surface area contributed by atoms with Crippen molar-refractivity contribution in [3.63, 3.8) is 0 Å². The Balaban J connectivity index is 1.68. The minimum atomic E-state index is -0.439. The molecule has 21 heavy (non-hydrogen) atoms. The first-order chi connectivity index (χ1) is 10.3. The second-order valence-corrected chi connectivity index (χ2v) is 5.59. The number of nitrogens with zero attached hydrogens (tertiary/aromatic N) is 1. The Morgan fingerprint density at radius 3 is 2.95 bits per heavy atom. The highest BCUT2D eigenvalue weighted by Gasteiger charge is 2.24. The summed E-state index contributed by atoms with van der Waals surface area (Å²) in [6.45, 7) is 1.13. The van der Waals surface area contributed by atoms with Crippen LogP contribution >= 0.6 is 11.3 Å². The Morgan fingerprint density at radius 2 is 2.10 bits per heavy atom. The van der Waals surface area contributed by atoms with Gasteiger partial charge in [0.25, 0.3) is 0 Å². The average Bonchev–Trinajstić information content (AvgIpc) is 3.25. The van der Waals surface area contributed by atoms with Crippen LogP contribution < -0.4 is 0 Å². The van der Waals surface area contributed by atoms with Gasteiger partial charge in [-0.25, -0.2) is 4.98 Å². The van der Waals surface area contributed by atoms with Crippen molar-refractivity contribution in [2.75, 3.05) is 13.2 Å². The molecule has 2 aromatic heterocycles. The molecule has 3 heterocycles. The Morgan fingerprint density at radius 1 is 1.29 bits per heavy atom. The lowest BCUT2D eigenvalue weighted by Gasteiger charge is -2.03. The van der Waals surface area contributed by atoms with Gasteiger partial charge in [-0.2, -0.15) is 0 Å². The van der Waals surface area contributed by atoms with Gasteiger partial charge in [-0.3, -0.25) is 4.79 Å². The molecule has 1 aliphatic heterocycles. The zero-order valence-corrected chi connectivity index (χ0v) is 11.9. The van der Waals surface area contributed by atoms with Crippen molar-refractivity contribution in [3.05, 3.63) is 52.1 Å². The Kier molecular flexibility index (Phi) is 3.07. The van der Waals surface area contributed by atoms with Crippen LogP contribution in [0.3, 0.4) is 0 Å². The molecule has 106 valence electrons. The van der Waals surface area contributed by atoms with E-state index in [1.807, 2.05) is 29.6 Å². The van der Waals surface area contributed by atoms with Gasteiger partial charge in [0.2, 0.25) is 12.1 Å². The topological polar surface area (TPSA) is 64.2 Å². The molecule has 0 atom stereocenters. The molecule has 3 aromatic rings. The third-order valence-corrected chi connectivity index (χ3v) is 4.27. The number of para-hydroxylation sites is 1. The van der Waals surface area contributed by atoms with Gasteiger partial charge in [0, 0.05) is 22.5 Å². The van der Waals surface area contributed by atoms with E-state index in [9.17, 15) is 4.79 Å². The van der Waals surface area contributed by atoms with Crippen molar-refractivity contribution in [1.29, 1.82) is 0 Å². The molecule has 0 aliphatic carbocycles. The predicted molar refractivity (Wildman–Crippen MR) is 78.5 cm³/mol. The van der Waals surface area contributed by atoms with Crippen molar-refractivity contribution in [2.24, 2.45) is 0 Å². The number of rotatable bonds is 3. The smallest absolute Gasteiger partial charge is 0.223 e. The third-order valence-electron chi connectivity index (χ3n) is 3.41. The fourth-order valence-electron chi connectivity index (χ4n) is 2.40. The number of hydrogen-bond acceptors (Lipinski definition) is 5. The van der Waals surface area contributed by atoms with E-state index in [0.29, 0.717) is 29.5 Å². The van der Waals surface area contributed by atoms with Gasteiger partial charge in [0.1, 0.15) is 5.69 Å². The molecule has 1 aromatic carbocycles. The molecule has 0 bridgehead atoms. The van der Waals surface area contributed by atoms with Crippen LogP contribution in [0.2, 0.25) is 0 Å². The number of aromatic nitrogens is 2. The van der Waals surface area contributed by atoms with E-state index in [0.717, 1.165) is 10.9 Å². The minimum Gasteiger partial charge on any atom is -0.360 e. The van der Waals surface area contributed by atoms with Crippen molar-refractivity contribution in [1.82, 2.24) is 9.97 Å². The van der Waals surface area contributed by atoms with Gasteiger partial charge in [-0.15, -0.1) is 11.3 Å². The second-order valence-electron chi connectivity index (χ2n) is 4.73. The maximum absolute atomic E-state index is 12.6. The van der Waals surface area contributed by atoms with E-state index in [4.69, 9.17) is 9.47 Å². The molecule has 0 unspecified atom stereocenters. The number of thiazole rings is 1. The van der Waals surface area contributed by atoms with Gasteiger partial charge in [0.15, 0.2) is 5.01 Å². The lowest BCUT2D eigenvalue weighted by Crippen LogP contribution is -2.03. The molecule has 1 saturated heterocycles. The molecule has 5 nitrogen and oxygen atoms in total. The van der Waals surface area contributed by atoms with Crippen LogP contribution in [0.1, 0.15) is 27.3 Å². The molecule has 1 aliphatic rings. The van der Waals surface area contributed by atoms with Crippen LogP contribution in [0.25, 0.3) is 10.9 Å². The number of carbonyl (C=O) groups excluding carboxylic acids is 1. The van der Waals surface area contributed by atoms with Crippen LogP contribution in [-0.2, 0) is 9.47 Å². The number of nitrogens with one attached hydrogen (secondary N) is 1. The van der Waals surface area contributed by atoms with Gasteiger partial charge in [-0.05, 0) is 6.07 Å². The molecule has 0 saturated carbocycles. The maximum Gasteiger partial charge on any atom is 0.223 e. The normalized spacial score (nSPS) is 15.8. The number of ketones is 1. The summed E-state index contributed by atoms with van der Waals surface area (Å²) < 4.78 is 10.8. The second kappa shape index (κ2) is 5.07. The van der Waals surface area contributed by atoms with Crippen LogP contribution in [0, 0.1) is 0 Å². The van der Waals surface area contributed by atoms with Crippen LogP contribution in [0.4, 0.5) is 0 Å². The third kappa shape index (κ3) is 2.17. The Labute approximate surface area is 124 Å². The highest BCUT2D eigenvalue weighted by Crippen LogP contribution is 2.27. The number of benzene rings is 1. The lowest BCUT2D eigenvalue weighted by molar-refractivity contribution is -0.0469. The molecule has 0 spiro atoms. The van der Waals surface area contributed by atoms with E-state index in [2.05, 4.69) is 9.97 Å². The average molecular weight is 300 g/mol. The summed E-state index contributed by atoms with van der Waals surface area (Å²) in [6.07, 6.45) is 1.29. The largest absolute Gasteiger partial charge is 0.360 e. The molecule has 0 radical (unpaired) electrons. The number of carbonyl (C=O) groups is 1. The quantitative estimate of drug-likeness (QED) is 0.755. The monoisotopic (exact) mass is 300 g/mol. The molecular formula is C15H12N2O3S. The Hall–Kier alpha value is -2.02. The number of H-pyrrole nitrogens is 1. The Bertz CT molecular complexity index is 802. The lowest BCUT2D eigenvalue weighted by atomic mass is 10.1. The van der Waals surface area contributed by atoms with Crippen molar-refractivity contribution in [2.45, 2.75) is 6.29 Å². The summed E-state index contributed by atoms with van der Waals surface area (Å²) in [5.74, 6) is -0.0818. The minimum absolute atomic E-state index is 0.0818. The first kappa shape index (κ1) is 12.7. The van der Waals surface area contributed by atoms with Gasteiger partial charge >= 0.3 is 0 Å². The molecule has 0 amide bonds. The van der Waals surface area contributed by atoms with Crippen molar-refractivity contribution >= 4 is 28.0 Å². The standard InChI is InChI=1S/C15H12N2O3S/c18-13(10-7-16-11-4-2-1-3-9(10)11)14-17-12(8-21-14)15-19-5-6-20-15/h1-4,7-8,15-16H,5-6H2. The summed E-state index contributed by atoms with van der Waals surface area (Å²) in [4.78, 5) is 20.1. The SMILES string of the molecule is O=C(c1nc(C2OCCO2)cs1)c1c[nH]c2ccccc12. The van der Waals surface area contributed by atoms with Crippen LogP contribution in [-0.4, -0.2) is 29.0 Å². The number of ether oxygens (including phenoxy) is 2. The van der Waals surface area contributed by atoms with Crippen molar-refractivity contribution < 1.29 is 14.3 Å². The number of aromatic amines is 1. The summed E-state index contributed by atoms with van der Waals surface area (Å²) in [5, 5.41) is 3.18. The first-order valence-corrected chi connectivity index (χ1v) is 7.50. The van der Waals surface area contributed by atoms with Crippen LogP contribution in [0.5, 0.6) is 0 Å².